The zero-order valence-corrected chi connectivity index (χ0v) is 9.74. The van der Waals surface area contributed by atoms with Gasteiger partial charge in [0.25, 0.3) is 0 Å². The van der Waals surface area contributed by atoms with Crippen LogP contribution in [0.2, 0.25) is 0 Å². The second-order valence-electron chi connectivity index (χ2n) is 3.81. The monoisotopic (exact) mass is 232 g/mol. The fourth-order valence-electron chi connectivity index (χ4n) is 1.72. The molecule has 0 aromatic carbocycles. The second-order valence-corrected chi connectivity index (χ2v) is 3.81. The minimum atomic E-state index is -0.0360. The summed E-state index contributed by atoms with van der Waals surface area (Å²) < 4.78 is 1.86. The van der Waals surface area contributed by atoms with E-state index < -0.39 is 0 Å². The highest BCUT2D eigenvalue weighted by atomic mass is 15.3. The fourth-order valence-corrected chi connectivity index (χ4v) is 1.72. The molecule has 0 bridgehead atoms. The zero-order chi connectivity index (χ0) is 12.1. The Kier molecular flexibility index (Phi) is 3.79. The Morgan fingerprint density at radius 2 is 2.12 bits per heavy atom. The first-order valence-corrected chi connectivity index (χ1v) is 5.51. The summed E-state index contributed by atoms with van der Waals surface area (Å²) in [5, 5.41) is 4.13. The fraction of sp³-hybridized carbons (Fsp3) is 0.364. The van der Waals surface area contributed by atoms with Gasteiger partial charge < -0.3 is 0 Å². The van der Waals surface area contributed by atoms with Gasteiger partial charge in [-0.05, 0) is 25.0 Å². The van der Waals surface area contributed by atoms with E-state index >= 15 is 0 Å². The molecular weight excluding hydrogens is 216 g/mol. The maximum atomic E-state index is 5.53. The van der Waals surface area contributed by atoms with Crippen LogP contribution in [0.3, 0.4) is 0 Å². The third-order valence-electron chi connectivity index (χ3n) is 2.71. The van der Waals surface area contributed by atoms with Crippen molar-refractivity contribution in [1.29, 1.82) is 0 Å². The zero-order valence-electron chi connectivity index (χ0n) is 9.74. The number of aromatic nitrogens is 4. The molecule has 1 unspecified atom stereocenters. The first-order chi connectivity index (χ1) is 8.31. The first-order valence-electron chi connectivity index (χ1n) is 5.51. The lowest BCUT2D eigenvalue weighted by molar-refractivity contribution is 0.483. The topological polar surface area (TPSA) is 81.7 Å². The number of nitrogens with zero attached hydrogens (tertiary/aromatic N) is 4. The van der Waals surface area contributed by atoms with Gasteiger partial charge in [-0.25, -0.2) is 15.4 Å². The molecule has 0 radical (unpaired) electrons. The number of hydrogen-bond donors (Lipinski definition) is 2. The number of hydrazine groups is 1. The van der Waals surface area contributed by atoms with Crippen LogP contribution in [-0.2, 0) is 13.5 Å². The van der Waals surface area contributed by atoms with E-state index in [2.05, 4.69) is 20.5 Å². The van der Waals surface area contributed by atoms with Crippen LogP contribution in [0.25, 0.3) is 0 Å². The molecule has 0 amide bonds. The molecule has 1 atom stereocenters. The van der Waals surface area contributed by atoms with Gasteiger partial charge in [0.2, 0.25) is 0 Å². The van der Waals surface area contributed by atoms with Crippen LogP contribution in [0.15, 0.2) is 30.7 Å². The Bertz CT molecular complexity index is 452. The Hall–Kier alpha value is -1.79. The highest BCUT2D eigenvalue weighted by Gasteiger charge is 2.12. The molecule has 0 fully saturated rings. The maximum absolute atomic E-state index is 5.53. The lowest BCUT2D eigenvalue weighted by Crippen LogP contribution is -2.29. The predicted octanol–water partition coefficient (Wildman–Crippen LogP) is 0.347. The Morgan fingerprint density at radius 3 is 2.71 bits per heavy atom. The van der Waals surface area contributed by atoms with Crippen molar-refractivity contribution in [3.63, 3.8) is 0 Å². The lowest BCUT2D eigenvalue weighted by Gasteiger charge is -2.13. The average molecular weight is 232 g/mol. The summed E-state index contributed by atoms with van der Waals surface area (Å²) in [5.74, 6) is 6.25. The molecule has 0 spiro atoms. The molecule has 2 rings (SSSR count). The minimum absolute atomic E-state index is 0.0360. The van der Waals surface area contributed by atoms with Crippen LogP contribution in [0.1, 0.15) is 24.0 Å². The summed E-state index contributed by atoms with van der Waals surface area (Å²) in [6.07, 6.45) is 6.94. The van der Waals surface area contributed by atoms with E-state index in [1.54, 1.807) is 24.7 Å². The molecule has 2 heterocycles. The van der Waals surface area contributed by atoms with Gasteiger partial charge in [-0.2, -0.15) is 5.10 Å². The van der Waals surface area contributed by atoms with Gasteiger partial charge in [0, 0.05) is 31.3 Å². The molecule has 6 heteroatoms. The summed E-state index contributed by atoms with van der Waals surface area (Å²) in [6.45, 7) is 0. The minimum Gasteiger partial charge on any atom is -0.273 e. The van der Waals surface area contributed by atoms with E-state index in [0.717, 1.165) is 18.7 Å². The number of nitrogens with two attached hydrogens (primary N) is 1. The largest absolute Gasteiger partial charge is 0.273 e. The van der Waals surface area contributed by atoms with Crippen molar-refractivity contribution < 1.29 is 0 Å². The molecular formula is C11H16N6. The van der Waals surface area contributed by atoms with Gasteiger partial charge in [-0.1, -0.05) is 0 Å². The van der Waals surface area contributed by atoms with Crippen molar-refractivity contribution in [3.8, 4) is 0 Å². The smallest absolute Gasteiger partial charge is 0.146 e. The first kappa shape index (κ1) is 11.7. The van der Waals surface area contributed by atoms with Gasteiger partial charge >= 0.3 is 0 Å². The van der Waals surface area contributed by atoms with Crippen molar-refractivity contribution >= 4 is 0 Å². The lowest BCUT2D eigenvalue weighted by atomic mass is 10.1. The van der Waals surface area contributed by atoms with E-state index in [4.69, 9.17) is 5.84 Å². The average Bonchev–Trinajstić information content (AvgIpc) is 2.77. The Morgan fingerprint density at radius 1 is 1.35 bits per heavy atom. The van der Waals surface area contributed by atoms with E-state index in [0.29, 0.717) is 0 Å². The van der Waals surface area contributed by atoms with E-state index in [1.807, 2.05) is 17.8 Å². The van der Waals surface area contributed by atoms with E-state index in [-0.39, 0.29) is 6.04 Å². The summed E-state index contributed by atoms with van der Waals surface area (Å²) in [6, 6.07) is 3.75. The molecule has 2 aromatic rings. The summed E-state index contributed by atoms with van der Waals surface area (Å²) in [4.78, 5) is 8.39. The summed E-state index contributed by atoms with van der Waals surface area (Å²) >= 11 is 0. The van der Waals surface area contributed by atoms with Crippen LogP contribution in [0.5, 0.6) is 0 Å². The third kappa shape index (κ3) is 2.86. The van der Waals surface area contributed by atoms with Crippen molar-refractivity contribution in [1.82, 2.24) is 25.2 Å². The third-order valence-corrected chi connectivity index (χ3v) is 2.71. The molecule has 3 N–H and O–H groups in total. The number of nitrogens with one attached hydrogen (secondary N) is 1. The Labute approximate surface area is 99.9 Å². The van der Waals surface area contributed by atoms with Crippen molar-refractivity contribution in [2.75, 3.05) is 0 Å². The number of rotatable bonds is 5. The van der Waals surface area contributed by atoms with Gasteiger partial charge in [-0.3, -0.25) is 10.5 Å². The van der Waals surface area contributed by atoms with E-state index in [1.165, 1.54) is 5.69 Å². The van der Waals surface area contributed by atoms with Crippen LogP contribution in [0, 0.1) is 0 Å². The van der Waals surface area contributed by atoms with Crippen LogP contribution in [0.4, 0.5) is 0 Å². The normalized spacial score (nSPS) is 12.6. The van der Waals surface area contributed by atoms with Crippen LogP contribution < -0.4 is 11.3 Å². The molecule has 0 aliphatic rings. The summed E-state index contributed by atoms with van der Waals surface area (Å²) in [5.41, 5.74) is 3.91. The molecule has 17 heavy (non-hydrogen) atoms. The quantitative estimate of drug-likeness (QED) is 0.574. The van der Waals surface area contributed by atoms with Gasteiger partial charge in [0.15, 0.2) is 0 Å². The summed E-state index contributed by atoms with van der Waals surface area (Å²) in [7, 11) is 1.93. The highest BCUT2D eigenvalue weighted by Crippen LogP contribution is 2.13. The van der Waals surface area contributed by atoms with Gasteiger partial charge in [0.1, 0.15) is 5.82 Å². The van der Waals surface area contributed by atoms with Crippen LogP contribution in [-0.4, -0.2) is 19.7 Å². The van der Waals surface area contributed by atoms with Gasteiger partial charge in [-0.15, -0.1) is 0 Å². The highest BCUT2D eigenvalue weighted by molar-refractivity contribution is 5.02. The SMILES string of the molecule is Cn1nccc1CCC(NN)c1ncccn1. The molecule has 0 aliphatic carbocycles. The predicted molar refractivity (Wildman–Crippen MR) is 63.6 cm³/mol. The number of aryl methyl sites for hydroxylation is 2. The molecule has 2 aromatic heterocycles. The van der Waals surface area contributed by atoms with Crippen molar-refractivity contribution in [3.05, 3.63) is 42.2 Å². The van der Waals surface area contributed by atoms with Crippen molar-refractivity contribution in [2.45, 2.75) is 18.9 Å². The standard InChI is InChI=1S/C11H16N6/c1-17-9(5-8-15-17)3-4-10(16-12)11-13-6-2-7-14-11/h2,5-8,10,16H,3-4,12H2,1H3. The van der Waals surface area contributed by atoms with Crippen molar-refractivity contribution in [2.24, 2.45) is 12.9 Å². The van der Waals surface area contributed by atoms with E-state index in [9.17, 15) is 0 Å². The van der Waals surface area contributed by atoms with Gasteiger partial charge in [0.05, 0.1) is 6.04 Å². The second kappa shape index (κ2) is 5.51. The molecule has 0 saturated carbocycles. The number of hydrogen-bond acceptors (Lipinski definition) is 5. The molecule has 0 saturated heterocycles. The molecule has 90 valence electrons. The van der Waals surface area contributed by atoms with Crippen LogP contribution >= 0.6 is 0 Å². The maximum Gasteiger partial charge on any atom is 0.146 e. The Balaban J connectivity index is 1.99. The molecule has 0 aliphatic heterocycles. The molecule has 6 nitrogen and oxygen atoms in total.